The summed E-state index contributed by atoms with van der Waals surface area (Å²) in [7, 11) is 0. The number of nitrogens with zero attached hydrogens (tertiary/aromatic N) is 2. The van der Waals surface area contributed by atoms with Crippen molar-refractivity contribution in [1.29, 1.82) is 0 Å². The summed E-state index contributed by atoms with van der Waals surface area (Å²) in [5.41, 5.74) is 6.59. The standard InChI is InChI=1S/C10H15N3O4S/c1-4-6(9(11)18)12-3-13(4)10-8(16)7(15)5(2-14)17-10/h3,5,7-8,10,14-16H,2H2,1H3,(H2,11,18)/t5-,7-,8-,10+/m1/s1. The topological polar surface area (TPSA) is 114 Å². The molecule has 1 fully saturated rings. The summed E-state index contributed by atoms with van der Waals surface area (Å²) >= 11 is 4.85. The Kier molecular flexibility index (Phi) is 3.64. The maximum atomic E-state index is 9.89. The lowest BCUT2D eigenvalue weighted by Gasteiger charge is -2.17. The number of aromatic nitrogens is 2. The van der Waals surface area contributed by atoms with E-state index in [9.17, 15) is 10.2 Å². The zero-order valence-electron chi connectivity index (χ0n) is 9.72. The zero-order valence-corrected chi connectivity index (χ0v) is 10.5. The van der Waals surface area contributed by atoms with Crippen LogP contribution in [0.4, 0.5) is 0 Å². The third-order valence-corrected chi connectivity index (χ3v) is 3.26. The average molecular weight is 273 g/mol. The molecule has 1 aromatic heterocycles. The number of imidazole rings is 1. The van der Waals surface area contributed by atoms with Gasteiger partial charge in [-0.1, -0.05) is 12.2 Å². The minimum atomic E-state index is -1.14. The molecule has 8 heteroatoms. The largest absolute Gasteiger partial charge is 0.394 e. The zero-order chi connectivity index (χ0) is 13.4. The summed E-state index contributed by atoms with van der Waals surface area (Å²) in [6, 6.07) is 0. The van der Waals surface area contributed by atoms with Gasteiger partial charge in [-0.05, 0) is 6.92 Å². The molecule has 18 heavy (non-hydrogen) atoms. The summed E-state index contributed by atoms with van der Waals surface area (Å²) in [5.74, 6) is 0. The van der Waals surface area contributed by atoms with E-state index < -0.39 is 24.5 Å². The molecule has 0 amide bonds. The van der Waals surface area contributed by atoms with Gasteiger partial charge in [0.05, 0.1) is 12.9 Å². The van der Waals surface area contributed by atoms with Crippen LogP contribution in [0.25, 0.3) is 0 Å². The van der Waals surface area contributed by atoms with Crippen molar-refractivity contribution in [2.24, 2.45) is 5.73 Å². The van der Waals surface area contributed by atoms with Gasteiger partial charge < -0.3 is 30.4 Å². The maximum Gasteiger partial charge on any atom is 0.164 e. The third-order valence-electron chi connectivity index (χ3n) is 3.07. The molecule has 100 valence electrons. The number of hydrogen-bond donors (Lipinski definition) is 4. The summed E-state index contributed by atoms with van der Waals surface area (Å²) < 4.78 is 6.92. The van der Waals surface area contributed by atoms with Gasteiger partial charge in [0.2, 0.25) is 0 Å². The van der Waals surface area contributed by atoms with E-state index in [2.05, 4.69) is 4.98 Å². The Bertz CT molecular complexity index is 464. The second-order valence-electron chi connectivity index (χ2n) is 4.18. The molecule has 0 bridgehead atoms. The van der Waals surface area contributed by atoms with Crippen LogP contribution in [0.5, 0.6) is 0 Å². The van der Waals surface area contributed by atoms with E-state index >= 15 is 0 Å². The highest BCUT2D eigenvalue weighted by molar-refractivity contribution is 7.80. The molecule has 0 aromatic carbocycles. The van der Waals surface area contributed by atoms with Crippen molar-refractivity contribution in [3.63, 3.8) is 0 Å². The van der Waals surface area contributed by atoms with Gasteiger partial charge in [0.1, 0.15) is 29.0 Å². The lowest BCUT2D eigenvalue weighted by molar-refractivity contribution is -0.0536. The molecule has 0 saturated carbocycles. The predicted octanol–water partition coefficient (Wildman–Crippen LogP) is -1.56. The number of aliphatic hydroxyl groups excluding tert-OH is 3. The van der Waals surface area contributed by atoms with Crippen molar-refractivity contribution in [2.75, 3.05) is 6.61 Å². The van der Waals surface area contributed by atoms with Crippen LogP contribution in [0, 0.1) is 6.92 Å². The van der Waals surface area contributed by atoms with E-state index in [4.69, 9.17) is 27.8 Å². The number of nitrogens with two attached hydrogens (primary N) is 1. The molecule has 7 nitrogen and oxygen atoms in total. The summed E-state index contributed by atoms with van der Waals surface area (Å²) in [5, 5.41) is 28.6. The highest BCUT2D eigenvalue weighted by Gasteiger charge is 2.43. The van der Waals surface area contributed by atoms with Crippen molar-refractivity contribution in [1.82, 2.24) is 9.55 Å². The van der Waals surface area contributed by atoms with Gasteiger partial charge in [-0.25, -0.2) is 4.98 Å². The monoisotopic (exact) mass is 273 g/mol. The molecular weight excluding hydrogens is 258 g/mol. The first-order valence-electron chi connectivity index (χ1n) is 5.43. The Morgan fingerprint density at radius 2 is 2.22 bits per heavy atom. The Labute approximate surface area is 109 Å². The van der Waals surface area contributed by atoms with Crippen molar-refractivity contribution >= 4 is 17.2 Å². The van der Waals surface area contributed by atoms with Gasteiger partial charge in [-0.3, -0.25) is 0 Å². The van der Waals surface area contributed by atoms with E-state index in [1.54, 1.807) is 6.92 Å². The predicted molar refractivity (Wildman–Crippen MR) is 65.9 cm³/mol. The number of thiocarbonyl (C=S) groups is 1. The minimum absolute atomic E-state index is 0.151. The van der Waals surface area contributed by atoms with Gasteiger partial charge in [-0.2, -0.15) is 0 Å². The van der Waals surface area contributed by atoms with Crippen LogP contribution >= 0.6 is 12.2 Å². The van der Waals surface area contributed by atoms with Crippen molar-refractivity contribution in [2.45, 2.75) is 31.5 Å². The molecule has 1 aliphatic rings. The van der Waals surface area contributed by atoms with Gasteiger partial charge in [0, 0.05) is 5.69 Å². The number of rotatable bonds is 3. The van der Waals surface area contributed by atoms with Crippen LogP contribution in [0.2, 0.25) is 0 Å². The van der Waals surface area contributed by atoms with Gasteiger partial charge in [-0.15, -0.1) is 0 Å². The highest BCUT2D eigenvalue weighted by Crippen LogP contribution is 2.30. The average Bonchev–Trinajstić information content (AvgIpc) is 2.82. The lowest BCUT2D eigenvalue weighted by Crippen LogP contribution is -2.33. The van der Waals surface area contributed by atoms with E-state index in [1.807, 2.05) is 0 Å². The third kappa shape index (κ3) is 2.02. The fourth-order valence-corrected chi connectivity index (χ4v) is 2.23. The number of hydrogen-bond acceptors (Lipinski definition) is 6. The Balaban J connectivity index is 2.30. The first-order valence-corrected chi connectivity index (χ1v) is 5.84. The molecule has 2 heterocycles. The molecular formula is C10H15N3O4S. The second-order valence-corrected chi connectivity index (χ2v) is 4.62. The first-order chi connectivity index (χ1) is 8.47. The van der Waals surface area contributed by atoms with E-state index in [1.165, 1.54) is 10.9 Å². The molecule has 0 unspecified atom stereocenters. The van der Waals surface area contributed by atoms with Crippen LogP contribution < -0.4 is 5.73 Å². The highest BCUT2D eigenvalue weighted by atomic mass is 32.1. The first kappa shape index (κ1) is 13.4. The molecule has 0 spiro atoms. The van der Waals surface area contributed by atoms with E-state index in [-0.39, 0.29) is 11.6 Å². The van der Waals surface area contributed by atoms with E-state index in [0.717, 1.165) is 0 Å². The fourth-order valence-electron chi connectivity index (χ4n) is 2.03. The molecule has 0 radical (unpaired) electrons. The van der Waals surface area contributed by atoms with Crippen LogP contribution in [0.15, 0.2) is 6.33 Å². The molecule has 5 N–H and O–H groups in total. The van der Waals surface area contributed by atoms with Crippen molar-refractivity contribution < 1.29 is 20.1 Å². The Morgan fingerprint density at radius 3 is 2.67 bits per heavy atom. The smallest absolute Gasteiger partial charge is 0.164 e. The minimum Gasteiger partial charge on any atom is -0.394 e. The van der Waals surface area contributed by atoms with Crippen LogP contribution in [0.1, 0.15) is 17.6 Å². The van der Waals surface area contributed by atoms with Crippen LogP contribution in [0.3, 0.4) is 0 Å². The molecule has 4 atom stereocenters. The van der Waals surface area contributed by atoms with Gasteiger partial charge in [0.25, 0.3) is 0 Å². The van der Waals surface area contributed by atoms with Gasteiger partial charge in [0.15, 0.2) is 6.23 Å². The maximum absolute atomic E-state index is 9.89. The molecule has 1 saturated heterocycles. The van der Waals surface area contributed by atoms with Gasteiger partial charge >= 0.3 is 0 Å². The SMILES string of the molecule is Cc1c(C(N)=S)ncn1[C@H]1O[C@H](CO)[C@@H](O)[C@H]1O. The Hall–Kier alpha value is -1.06. The number of ether oxygens (including phenoxy) is 1. The summed E-state index contributed by atoms with van der Waals surface area (Å²) in [6.45, 7) is 1.36. The molecule has 0 aliphatic carbocycles. The normalized spacial score (nSPS) is 31.8. The van der Waals surface area contributed by atoms with E-state index in [0.29, 0.717) is 11.4 Å². The lowest BCUT2D eigenvalue weighted by atomic mass is 10.1. The fraction of sp³-hybridized carbons (Fsp3) is 0.600. The second kappa shape index (κ2) is 4.90. The van der Waals surface area contributed by atoms with Crippen LogP contribution in [-0.4, -0.2) is 54.8 Å². The van der Waals surface area contributed by atoms with Crippen molar-refractivity contribution in [3.05, 3.63) is 17.7 Å². The van der Waals surface area contributed by atoms with Crippen molar-refractivity contribution in [3.8, 4) is 0 Å². The van der Waals surface area contributed by atoms with Crippen LogP contribution in [-0.2, 0) is 4.74 Å². The number of aliphatic hydroxyl groups is 3. The molecule has 1 aromatic rings. The summed E-state index contributed by atoms with van der Waals surface area (Å²) in [4.78, 5) is 4.18. The molecule has 1 aliphatic heterocycles. The summed E-state index contributed by atoms with van der Waals surface area (Å²) in [6.07, 6.45) is -2.48. The quantitative estimate of drug-likeness (QED) is 0.492. The molecule has 2 rings (SSSR count). The Morgan fingerprint density at radius 1 is 1.56 bits per heavy atom.